The summed E-state index contributed by atoms with van der Waals surface area (Å²) in [5, 5.41) is 20.4. The van der Waals surface area contributed by atoms with Gasteiger partial charge < -0.3 is 20.3 Å². The van der Waals surface area contributed by atoms with Crippen molar-refractivity contribution >= 4 is 11.7 Å². The third-order valence-electron chi connectivity index (χ3n) is 2.16. The monoisotopic (exact) mass is 239 g/mol. The molecule has 0 spiro atoms. The van der Waals surface area contributed by atoms with Crippen LogP contribution in [-0.4, -0.2) is 42.5 Å². The van der Waals surface area contributed by atoms with E-state index < -0.39 is 5.97 Å². The molecule has 0 saturated carbocycles. The average molecular weight is 239 g/mol. The van der Waals surface area contributed by atoms with E-state index in [1.54, 1.807) is 24.3 Å². The predicted octanol–water partition coefficient (Wildman–Crippen LogP) is 1.20. The quantitative estimate of drug-likeness (QED) is 0.594. The number of nitrogens with one attached hydrogen (secondary N) is 1. The SMILES string of the molecule is O=C(O)c1ccc(NCCCOCCO)cc1. The fourth-order valence-electron chi connectivity index (χ4n) is 1.30. The van der Waals surface area contributed by atoms with Crippen molar-refractivity contribution in [2.24, 2.45) is 0 Å². The number of rotatable bonds is 8. The molecule has 0 aliphatic heterocycles. The normalized spacial score (nSPS) is 10.2. The molecular formula is C12H17NO4. The minimum atomic E-state index is -0.922. The van der Waals surface area contributed by atoms with Crippen molar-refractivity contribution in [1.29, 1.82) is 0 Å². The Labute approximate surface area is 100 Å². The molecule has 0 saturated heterocycles. The standard InChI is InChI=1S/C12H17NO4/c14-7-9-17-8-1-6-13-11-4-2-10(3-5-11)12(15)16/h2-5,13-14H,1,6-9H2,(H,15,16). The molecule has 0 aliphatic carbocycles. The van der Waals surface area contributed by atoms with E-state index in [4.69, 9.17) is 14.9 Å². The van der Waals surface area contributed by atoms with Crippen LogP contribution in [0.1, 0.15) is 16.8 Å². The molecule has 94 valence electrons. The number of hydrogen-bond donors (Lipinski definition) is 3. The Morgan fingerprint density at radius 3 is 2.53 bits per heavy atom. The summed E-state index contributed by atoms with van der Waals surface area (Å²) in [5.74, 6) is -0.922. The van der Waals surface area contributed by atoms with Gasteiger partial charge in [0.1, 0.15) is 0 Å². The van der Waals surface area contributed by atoms with Crippen molar-refractivity contribution in [2.45, 2.75) is 6.42 Å². The number of hydrogen-bond acceptors (Lipinski definition) is 4. The van der Waals surface area contributed by atoms with Crippen LogP contribution in [0.4, 0.5) is 5.69 Å². The zero-order valence-corrected chi connectivity index (χ0v) is 9.56. The maximum absolute atomic E-state index is 10.6. The Kier molecular flexibility index (Phi) is 6.06. The van der Waals surface area contributed by atoms with E-state index in [1.165, 1.54) is 0 Å². The van der Waals surface area contributed by atoms with E-state index in [-0.39, 0.29) is 12.2 Å². The molecule has 3 N–H and O–H groups in total. The molecule has 17 heavy (non-hydrogen) atoms. The molecule has 5 nitrogen and oxygen atoms in total. The number of aliphatic hydroxyl groups excluding tert-OH is 1. The number of carboxylic acids is 1. The summed E-state index contributed by atoms with van der Waals surface area (Å²) in [5.41, 5.74) is 1.17. The molecule has 0 aliphatic rings. The highest BCUT2D eigenvalue weighted by atomic mass is 16.5. The predicted molar refractivity (Wildman–Crippen MR) is 64.4 cm³/mol. The average Bonchev–Trinajstić information content (AvgIpc) is 2.34. The first kappa shape index (κ1) is 13.5. The maximum atomic E-state index is 10.6. The Balaban J connectivity index is 2.21. The van der Waals surface area contributed by atoms with Crippen LogP contribution in [0.15, 0.2) is 24.3 Å². The summed E-state index contributed by atoms with van der Waals surface area (Å²) in [6.45, 7) is 1.76. The number of carboxylic acid groups (broad SMARTS) is 1. The second-order valence-electron chi connectivity index (χ2n) is 3.50. The summed E-state index contributed by atoms with van der Waals surface area (Å²) in [6, 6.07) is 6.59. The molecule has 0 atom stereocenters. The molecular weight excluding hydrogens is 222 g/mol. The molecule has 1 aromatic rings. The van der Waals surface area contributed by atoms with E-state index in [9.17, 15) is 4.79 Å². The highest BCUT2D eigenvalue weighted by Gasteiger charge is 2.00. The highest BCUT2D eigenvalue weighted by Crippen LogP contribution is 2.09. The van der Waals surface area contributed by atoms with Crippen LogP contribution < -0.4 is 5.32 Å². The van der Waals surface area contributed by atoms with Gasteiger partial charge in [0.05, 0.1) is 18.8 Å². The molecule has 0 aromatic heterocycles. The van der Waals surface area contributed by atoms with Gasteiger partial charge in [-0.2, -0.15) is 0 Å². The minimum Gasteiger partial charge on any atom is -0.478 e. The first-order valence-corrected chi connectivity index (χ1v) is 5.50. The van der Waals surface area contributed by atoms with Gasteiger partial charge >= 0.3 is 5.97 Å². The third-order valence-corrected chi connectivity index (χ3v) is 2.16. The van der Waals surface area contributed by atoms with Gasteiger partial charge in [-0.1, -0.05) is 0 Å². The Morgan fingerprint density at radius 1 is 1.24 bits per heavy atom. The lowest BCUT2D eigenvalue weighted by Gasteiger charge is -2.06. The third kappa shape index (κ3) is 5.33. The molecule has 0 amide bonds. The molecule has 0 radical (unpaired) electrons. The van der Waals surface area contributed by atoms with E-state index in [1.807, 2.05) is 0 Å². The number of benzene rings is 1. The number of aromatic carboxylic acids is 1. The number of aliphatic hydroxyl groups is 1. The van der Waals surface area contributed by atoms with E-state index >= 15 is 0 Å². The zero-order valence-electron chi connectivity index (χ0n) is 9.56. The molecule has 1 rings (SSSR count). The van der Waals surface area contributed by atoms with Crippen LogP contribution in [0.5, 0.6) is 0 Å². The van der Waals surface area contributed by atoms with Crippen molar-refractivity contribution in [1.82, 2.24) is 0 Å². The highest BCUT2D eigenvalue weighted by molar-refractivity contribution is 5.87. The van der Waals surface area contributed by atoms with Crippen LogP contribution in [0.25, 0.3) is 0 Å². The summed E-state index contributed by atoms with van der Waals surface area (Å²) in [4.78, 5) is 10.6. The van der Waals surface area contributed by atoms with E-state index in [2.05, 4.69) is 5.32 Å². The van der Waals surface area contributed by atoms with Gasteiger partial charge in [-0.15, -0.1) is 0 Å². The largest absolute Gasteiger partial charge is 0.478 e. The number of anilines is 1. The molecule has 1 aromatic carbocycles. The first-order chi connectivity index (χ1) is 8.24. The van der Waals surface area contributed by atoms with Gasteiger partial charge in [-0.3, -0.25) is 0 Å². The lowest BCUT2D eigenvalue weighted by Crippen LogP contribution is -2.07. The van der Waals surface area contributed by atoms with Crippen molar-refractivity contribution in [3.63, 3.8) is 0 Å². The summed E-state index contributed by atoms with van der Waals surface area (Å²) < 4.78 is 5.10. The second kappa shape index (κ2) is 7.65. The topological polar surface area (TPSA) is 78.8 Å². The molecule has 0 fully saturated rings. The van der Waals surface area contributed by atoms with Gasteiger partial charge in [0.15, 0.2) is 0 Å². The van der Waals surface area contributed by atoms with Gasteiger partial charge in [0.2, 0.25) is 0 Å². The second-order valence-corrected chi connectivity index (χ2v) is 3.50. The Morgan fingerprint density at radius 2 is 1.94 bits per heavy atom. The van der Waals surface area contributed by atoms with Crippen LogP contribution in [0.2, 0.25) is 0 Å². The summed E-state index contributed by atoms with van der Waals surface area (Å²) in [6.07, 6.45) is 0.834. The van der Waals surface area contributed by atoms with Crippen LogP contribution in [-0.2, 0) is 4.74 Å². The van der Waals surface area contributed by atoms with Crippen molar-refractivity contribution < 1.29 is 19.7 Å². The summed E-state index contributed by atoms with van der Waals surface area (Å²) in [7, 11) is 0. The van der Waals surface area contributed by atoms with Gasteiger partial charge in [0, 0.05) is 18.8 Å². The minimum absolute atomic E-state index is 0.0457. The van der Waals surface area contributed by atoms with Gasteiger partial charge in [-0.25, -0.2) is 4.79 Å². The lowest BCUT2D eigenvalue weighted by molar-refractivity contribution is 0.0697. The van der Waals surface area contributed by atoms with Gasteiger partial charge in [0.25, 0.3) is 0 Å². The number of ether oxygens (including phenoxy) is 1. The van der Waals surface area contributed by atoms with Crippen LogP contribution >= 0.6 is 0 Å². The van der Waals surface area contributed by atoms with Crippen LogP contribution in [0, 0.1) is 0 Å². The Bertz CT molecular complexity index is 337. The lowest BCUT2D eigenvalue weighted by atomic mass is 10.2. The van der Waals surface area contributed by atoms with E-state index in [0.717, 1.165) is 18.7 Å². The number of carbonyl (C=O) groups is 1. The maximum Gasteiger partial charge on any atom is 0.335 e. The summed E-state index contributed by atoms with van der Waals surface area (Å²) >= 11 is 0. The zero-order chi connectivity index (χ0) is 12.5. The van der Waals surface area contributed by atoms with E-state index in [0.29, 0.717) is 13.2 Å². The molecule has 5 heteroatoms. The molecule has 0 heterocycles. The van der Waals surface area contributed by atoms with Crippen molar-refractivity contribution in [3.8, 4) is 0 Å². The fourth-order valence-corrected chi connectivity index (χ4v) is 1.30. The van der Waals surface area contributed by atoms with Crippen molar-refractivity contribution in [3.05, 3.63) is 29.8 Å². The van der Waals surface area contributed by atoms with Crippen molar-refractivity contribution in [2.75, 3.05) is 31.7 Å². The fraction of sp³-hybridized carbons (Fsp3) is 0.417. The smallest absolute Gasteiger partial charge is 0.335 e. The van der Waals surface area contributed by atoms with Crippen LogP contribution in [0.3, 0.4) is 0 Å². The first-order valence-electron chi connectivity index (χ1n) is 5.50. The van der Waals surface area contributed by atoms with Gasteiger partial charge in [-0.05, 0) is 30.7 Å². The molecule has 0 bridgehead atoms. The molecule has 0 unspecified atom stereocenters. The Hall–Kier alpha value is -1.59.